The van der Waals surface area contributed by atoms with Crippen molar-refractivity contribution in [3.05, 3.63) is 59.7 Å². The lowest BCUT2D eigenvalue weighted by molar-refractivity contribution is -0.117. The highest BCUT2D eigenvalue weighted by molar-refractivity contribution is 5.91. The number of hydrogen-bond donors (Lipinski definition) is 1. The maximum atomic E-state index is 12.5. The van der Waals surface area contributed by atoms with E-state index in [1.54, 1.807) is 0 Å². The molecule has 2 bridgehead atoms. The second kappa shape index (κ2) is 6.46. The third-order valence-corrected chi connectivity index (χ3v) is 6.67. The predicted octanol–water partition coefficient (Wildman–Crippen LogP) is 4.97. The number of benzene rings is 2. The quantitative estimate of drug-likeness (QED) is 0.847. The molecular weight excluding hydrogens is 320 g/mol. The number of amides is 1. The first kappa shape index (κ1) is 15.9. The van der Waals surface area contributed by atoms with Crippen molar-refractivity contribution in [2.45, 2.75) is 45.2 Å². The molecule has 2 aliphatic carbocycles. The van der Waals surface area contributed by atoms with Gasteiger partial charge in [-0.2, -0.15) is 0 Å². The van der Waals surface area contributed by atoms with Gasteiger partial charge in [-0.1, -0.05) is 36.8 Å². The third kappa shape index (κ3) is 3.00. The van der Waals surface area contributed by atoms with Crippen LogP contribution in [0.2, 0.25) is 0 Å². The van der Waals surface area contributed by atoms with Crippen molar-refractivity contribution in [1.82, 2.24) is 0 Å². The monoisotopic (exact) mass is 346 g/mol. The molecule has 3 aliphatic rings. The van der Waals surface area contributed by atoms with E-state index in [4.69, 9.17) is 0 Å². The van der Waals surface area contributed by atoms with Gasteiger partial charge in [0.25, 0.3) is 0 Å². The number of fused-ring (bicyclic) bond motifs is 3. The van der Waals surface area contributed by atoms with Gasteiger partial charge in [0.05, 0.1) is 0 Å². The minimum Gasteiger partial charge on any atom is -0.363 e. The van der Waals surface area contributed by atoms with E-state index in [2.05, 4.69) is 46.6 Å². The lowest BCUT2D eigenvalue weighted by Crippen LogP contribution is -2.20. The molecule has 0 unspecified atom stereocenters. The zero-order valence-electron chi connectivity index (χ0n) is 15.2. The highest BCUT2D eigenvalue weighted by Crippen LogP contribution is 2.49. The molecule has 3 heteroatoms. The summed E-state index contributed by atoms with van der Waals surface area (Å²) in [5.74, 6) is 2.51. The number of rotatable bonds is 4. The van der Waals surface area contributed by atoms with Gasteiger partial charge in [0.2, 0.25) is 5.91 Å². The zero-order valence-corrected chi connectivity index (χ0v) is 15.2. The van der Waals surface area contributed by atoms with Gasteiger partial charge in [-0.3, -0.25) is 4.79 Å². The average Bonchev–Trinajstić information content (AvgIpc) is 3.36. The molecule has 5 rings (SSSR count). The van der Waals surface area contributed by atoms with Crippen molar-refractivity contribution >= 4 is 17.3 Å². The fraction of sp³-hybridized carbons (Fsp3) is 0.435. The molecule has 1 heterocycles. The van der Waals surface area contributed by atoms with Gasteiger partial charge >= 0.3 is 0 Å². The van der Waals surface area contributed by atoms with Gasteiger partial charge in [-0.15, -0.1) is 0 Å². The molecule has 134 valence electrons. The van der Waals surface area contributed by atoms with Crippen LogP contribution in [-0.2, 0) is 17.9 Å². The van der Waals surface area contributed by atoms with Gasteiger partial charge in [-0.05, 0) is 66.3 Å². The van der Waals surface area contributed by atoms with Crippen molar-refractivity contribution in [1.29, 1.82) is 0 Å². The first-order valence-electron chi connectivity index (χ1n) is 9.96. The van der Waals surface area contributed by atoms with Gasteiger partial charge in [0, 0.05) is 30.9 Å². The standard InChI is InChI=1S/C23H26N2O/c26-23(12-20-11-16-8-9-17(20)10-16)24-21-6-3-7-22(13-21)25-14-18-4-1-2-5-19(18)15-25/h1-7,13,16-17,20H,8-12,14-15H2,(H,24,26)/t16-,17-,20+/m0/s1. The van der Waals surface area contributed by atoms with Gasteiger partial charge in [-0.25, -0.2) is 0 Å². The summed E-state index contributed by atoms with van der Waals surface area (Å²) in [4.78, 5) is 14.9. The smallest absolute Gasteiger partial charge is 0.224 e. The summed E-state index contributed by atoms with van der Waals surface area (Å²) in [6, 6.07) is 16.9. The molecule has 26 heavy (non-hydrogen) atoms. The van der Waals surface area contributed by atoms with E-state index in [1.807, 2.05) is 12.1 Å². The van der Waals surface area contributed by atoms with Crippen LogP contribution < -0.4 is 10.2 Å². The molecular formula is C23H26N2O. The van der Waals surface area contributed by atoms with Crippen LogP contribution >= 0.6 is 0 Å². The minimum absolute atomic E-state index is 0.185. The van der Waals surface area contributed by atoms with Crippen LogP contribution in [-0.4, -0.2) is 5.91 Å². The average molecular weight is 346 g/mol. The van der Waals surface area contributed by atoms with Crippen LogP contribution in [0.15, 0.2) is 48.5 Å². The Labute approximate surface area is 155 Å². The van der Waals surface area contributed by atoms with Crippen molar-refractivity contribution in [2.75, 3.05) is 10.2 Å². The summed E-state index contributed by atoms with van der Waals surface area (Å²) in [7, 11) is 0. The fourth-order valence-corrected chi connectivity index (χ4v) is 5.37. The normalized spacial score (nSPS) is 26.2. The largest absolute Gasteiger partial charge is 0.363 e. The zero-order chi connectivity index (χ0) is 17.5. The van der Waals surface area contributed by atoms with E-state index in [9.17, 15) is 4.79 Å². The van der Waals surface area contributed by atoms with Crippen LogP contribution in [0.3, 0.4) is 0 Å². The first-order valence-corrected chi connectivity index (χ1v) is 9.96. The third-order valence-electron chi connectivity index (χ3n) is 6.67. The Morgan fingerprint density at radius 2 is 1.81 bits per heavy atom. The van der Waals surface area contributed by atoms with Crippen LogP contribution in [0.4, 0.5) is 11.4 Å². The molecule has 3 nitrogen and oxygen atoms in total. The maximum absolute atomic E-state index is 12.5. The molecule has 2 fully saturated rings. The Hall–Kier alpha value is -2.29. The van der Waals surface area contributed by atoms with Crippen molar-refractivity contribution in [3.8, 4) is 0 Å². The van der Waals surface area contributed by atoms with E-state index < -0.39 is 0 Å². The van der Waals surface area contributed by atoms with Crippen LogP contribution in [0, 0.1) is 17.8 Å². The summed E-state index contributed by atoms with van der Waals surface area (Å²) in [6.45, 7) is 1.89. The fourth-order valence-electron chi connectivity index (χ4n) is 5.37. The summed E-state index contributed by atoms with van der Waals surface area (Å²) in [6.07, 6.45) is 6.06. The number of nitrogens with zero attached hydrogens (tertiary/aromatic N) is 1. The number of anilines is 2. The molecule has 1 aliphatic heterocycles. The summed E-state index contributed by atoms with van der Waals surface area (Å²) < 4.78 is 0. The molecule has 0 spiro atoms. The molecule has 0 saturated heterocycles. The van der Waals surface area contributed by atoms with E-state index >= 15 is 0 Å². The van der Waals surface area contributed by atoms with Crippen LogP contribution in [0.5, 0.6) is 0 Å². The summed E-state index contributed by atoms with van der Waals surface area (Å²) in [5, 5.41) is 3.15. The molecule has 2 aromatic carbocycles. The summed E-state index contributed by atoms with van der Waals surface area (Å²) in [5.41, 5.74) is 4.90. The van der Waals surface area contributed by atoms with E-state index in [0.29, 0.717) is 12.3 Å². The van der Waals surface area contributed by atoms with E-state index in [0.717, 1.165) is 30.6 Å². The van der Waals surface area contributed by atoms with Crippen molar-refractivity contribution in [3.63, 3.8) is 0 Å². The molecule has 1 amide bonds. The molecule has 2 aromatic rings. The first-order chi connectivity index (χ1) is 12.7. The van der Waals surface area contributed by atoms with Crippen molar-refractivity contribution in [2.24, 2.45) is 17.8 Å². The van der Waals surface area contributed by atoms with E-state index in [1.165, 1.54) is 42.5 Å². The second-order valence-electron chi connectivity index (χ2n) is 8.36. The lowest BCUT2D eigenvalue weighted by atomic mass is 9.86. The SMILES string of the molecule is O=C(C[C@H]1C[C@H]2CC[C@H]1C2)Nc1cccc(N2Cc3ccccc3C2)c1. The molecule has 3 atom stereocenters. The van der Waals surface area contributed by atoms with Crippen LogP contribution in [0.1, 0.15) is 43.2 Å². The maximum Gasteiger partial charge on any atom is 0.224 e. The Kier molecular flexibility index (Phi) is 3.96. The van der Waals surface area contributed by atoms with Crippen molar-refractivity contribution < 1.29 is 4.79 Å². The number of carbonyl (C=O) groups excluding carboxylic acids is 1. The Balaban J connectivity index is 1.23. The van der Waals surface area contributed by atoms with Crippen LogP contribution in [0.25, 0.3) is 0 Å². The number of nitrogens with one attached hydrogen (secondary N) is 1. The topological polar surface area (TPSA) is 32.3 Å². The highest BCUT2D eigenvalue weighted by Gasteiger charge is 2.40. The predicted molar refractivity (Wildman–Crippen MR) is 105 cm³/mol. The van der Waals surface area contributed by atoms with E-state index in [-0.39, 0.29) is 5.91 Å². The lowest BCUT2D eigenvalue weighted by Gasteiger charge is -2.21. The Morgan fingerprint density at radius 3 is 2.50 bits per heavy atom. The number of carbonyl (C=O) groups is 1. The highest BCUT2D eigenvalue weighted by atomic mass is 16.1. The molecule has 0 radical (unpaired) electrons. The molecule has 0 aromatic heterocycles. The minimum atomic E-state index is 0.185. The summed E-state index contributed by atoms with van der Waals surface area (Å²) >= 11 is 0. The second-order valence-corrected chi connectivity index (χ2v) is 8.36. The van der Waals surface area contributed by atoms with Gasteiger partial charge in [0.15, 0.2) is 0 Å². The number of hydrogen-bond acceptors (Lipinski definition) is 2. The Bertz CT molecular complexity index is 805. The van der Waals surface area contributed by atoms with Gasteiger partial charge in [0.1, 0.15) is 0 Å². The molecule has 1 N–H and O–H groups in total. The Morgan fingerprint density at radius 1 is 1.00 bits per heavy atom. The molecule has 2 saturated carbocycles. The van der Waals surface area contributed by atoms with Gasteiger partial charge < -0.3 is 10.2 Å².